The summed E-state index contributed by atoms with van der Waals surface area (Å²) in [5.41, 5.74) is 9.37. The van der Waals surface area contributed by atoms with Gasteiger partial charge in [-0.15, -0.1) is 11.8 Å². The van der Waals surface area contributed by atoms with Gasteiger partial charge in [0.1, 0.15) is 0 Å². The van der Waals surface area contributed by atoms with Gasteiger partial charge < -0.3 is 5.73 Å². The van der Waals surface area contributed by atoms with E-state index in [1.165, 1.54) is 22.9 Å². The zero-order valence-electron chi connectivity index (χ0n) is 10.1. The number of hydrogen-bond donors (Lipinski definition) is 2. The van der Waals surface area contributed by atoms with E-state index in [1.807, 2.05) is 25.1 Å². The van der Waals surface area contributed by atoms with Gasteiger partial charge in [0.05, 0.1) is 5.75 Å². The molecule has 0 saturated heterocycles. The molecule has 0 unspecified atom stereocenters. The summed E-state index contributed by atoms with van der Waals surface area (Å²) in [7, 11) is 0. The lowest BCUT2D eigenvalue weighted by molar-refractivity contribution is -0.135. The number of nitrogens with one attached hydrogen (secondary N) is 1. The Labute approximate surface area is 110 Å². The molecule has 0 heterocycles. The van der Waals surface area contributed by atoms with E-state index in [2.05, 4.69) is 16.4 Å². The number of hydrogen-bond acceptors (Lipinski definition) is 4. The van der Waals surface area contributed by atoms with Crippen LogP contribution in [0, 0.1) is 6.92 Å². The predicted octanol–water partition coefficient (Wildman–Crippen LogP) is 0.761. The Bertz CT molecular complexity index is 424. The van der Waals surface area contributed by atoms with E-state index < -0.39 is 5.91 Å². The number of primary amides is 1. The maximum absolute atomic E-state index is 11.3. The molecule has 1 rings (SSSR count). The van der Waals surface area contributed by atoms with Crippen LogP contribution in [0.2, 0.25) is 0 Å². The summed E-state index contributed by atoms with van der Waals surface area (Å²) in [6.45, 7) is 1.72. The average molecular weight is 268 g/mol. The summed E-state index contributed by atoms with van der Waals surface area (Å²) in [5, 5.41) is 0. The first-order chi connectivity index (χ1) is 8.58. The summed E-state index contributed by atoms with van der Waals surface area (Å²) in [4.78, 5) is 26.2. The molecule has 0 aliphatic carbocycles. The number of hydroxylamine groups is 1. The van der Waals surface area contributed by atoms with Crippen molar-refractivity contribution < 1.29 is 14.4 Å². The topological polar surface area (TPSA) is 81.4 Å². The van der Waals surface area contributed by atoms with E-state index in [0.717, 1.165) is 5.75 Å². The van der Waals surface area contributed by atoms with E-state index in [-0.39, 0.29) is 18.3 Å². The molecule has 3 N–H and O–H groups in total. The second kappa shape index (κ2) is 7.73. The number of nitrogens with two attached hydrogens (primary N) is 1. The molecule has 98 valence electrons. The maximum Gasteiger partial charge on any atom is 0.253 e. The number of rotatable bonds is 7. The quantitative estimate of drug-likeness (QED) is 0.715. The summed E-state index contributed by atoms with van der Waals surface area (Å²) >= 11 is 1.47. The van der Waals surface area contributed by atoms with Crippen LogP contribution in [0.25, 0.3) is 0 Å². The van der Waals surface area contributed by atoms with E-state index in [0.29, 0.717) is 0 Å². The van der Waals surface area contributed by atoms with E-state index in [4.69, 9.17) is 5.73 Å². The largest absolute Gasteiger partial charge is 0.368 e. The van der Waals surface area contributed by atoms with Gasteiger partial charge in [0.15, 0.2) is 6.61 Å². The first-order valence-corrected chi connectivity index (χ1v) is 6.55. The van der Waals surface area contributed by atoms with Gasteiger partial charge in [-0.25, -0.2) is 5.48 Å². The fraction of sp³-hybridized carbons (Fsp3) is 0.333. The lowest BCUT2D eigenvalue weighted by Gasteiger charge is -2.04. The van der Waals surface area contributed by atoms with Crippen LogP contribution in [-0.2, 0) is 20.2 Å². The number of thioether (sulfide) groups is 1. The molecule has 0 aliphatic rings. The lowest BCUT2D eigenvalue weighted by Crippen LogP contribution is -2.30. The number of benzene rings is 1. The molecule has 0 aliphatic heterocycles. The lowest BCUT2D eigenvalue weighted by atomic mass is 10.2. The van der Waals surface area contributed by atoms with Crippen LogP contribution in [0.4, 0.5) is 0 Å². The van der Waals surface area contributed by atoms with Crippen molar-refractivity contribution in [2.45, 2.75) is 12.7 Å². The Kier molecular flexibility index (Phi) is 6.24. The van der Waals surface area contributed by atoms with Crippen LogP contribution in [-0.4, -0.2) is 24.2 Å². The van der Waals surface area contributed by atoms with Crippen LogP contribution < -0.4 is 11.2 Å². The average Bonchev–Trinajstić information content (AvgIpc) is 2.28. The molecule has 0 fully saturated rings. The van der Waals surface area contributed by atoms with Crippen LogP contribution in [0.1, 0.15) is 11.1 Å². The molecular formula is C12H16N2O3S. The molecule has 0 bridgehead atoms. The molecule has 5 nitrogen and oxygen atoms in total. The Hall–Kier alpha value is -1.53. The minimum absolute atomic E-state index is 0.271. The van der Waals surface area contributed by atoms with Gasteiger partial charge in [-0.2, -0.15) is 0 Å². The van der Waals surface area contributed by atoms with Crippen molar-refractivity contribution in [3.8, 4) is 0 Å². The fourth-order valence-corrected chi connectivity index (χ4v) is 2.04. The first kappa shape index (κ1) is 14.5. The van der Waals surface area contributed by atoms with E-state index >= 15 is 0 Å². The van der Waals surface area contributed by atoms with E-state index in [9.17, 15) is 9.59 Å². The smallest absolute Gasteiger partial charge is 0.253 e. The van der Waals surface area contributed by atoms with Gasteiger partial charge in [-0.3, -0.25) is 14.4 Å². The number of amides is 2. The Morgan fingerprint density at radius 3 is 2.89 bits per heavy atom. The molecule has 0 aromatic heterocycles. The summed E-state index contributed by atoms with van der Waals surface area (Å²) in [5.74, 6) is 0.120. The third kappa shape index (κ3) is 6.27. The molecule has 6 heteroatoms. The minimum Gasteiger partial charge on any atom is -0.368 e. The van der Waals surface area contributed by atoms with Crippen molar-refractivity contribution in [2.75, 3.05) is 12.4 Å². The highest BCUT2D eigenvalue weighted by Crippen LogP contribution is 2.12. The van der Waals surface area contributed by atoms with Crippen molar-refractivity contribution in [3.05, 3.63) is 35.4 Å². The third-order valence-electron chi connectivity index (χ3n) is 1.98. The van der Waals surface area contributed by atoms with Crippen molar-refractivity contribution in [3.63, 3.8) is 0 Å². The summed E-state index contributed by atoms with van der Waals surface area (Å²) in [6.07, 6.45) is 0. The molecule has 18 heavy (non-hydrogen) atoms. The van der Waals surface area contributed by atoms with Gasteiger partial charge in [-0.1, -0.05) is 29.8 Å². The highest BCUT2D eigenvalue weighted by Gasteiger charge is 2.03. The highest BCUT2D eigenvalue weighted by molar-refractivity contribution is 7.99. The molecule has 1 aromatic carbocycles. The molecule has 0 atom stereocenters. The second-order valence-corrected chi connectivity index (χ2v) is 4.75. The number of aryl methyl sites for hydroxylation is 1. The SMILES string of the molecule is Cc1cccc(CSCC(=O)NOCC(N)=O)c1. The fourth-order valence-electron chi connectivity index (χ4n) is 1.28. The molecule has 1 aromatic rings. The normalized spacial score (nSPS) is 10.1. The predicted molar refractivity (Wildman–Crippen MR) is 70.6 cm³/mol. The van der Waals surface area contributed by atoms with Crippen LogP contribution >= 0.6 is 11.8 Å². The molecule has 0 radical (unpaired) electrons. The highest BCUT2D eigenvalue weighted by atomic mass is 32.2. The molecule has 2 amide bonds. The summed E-state index contributed by atoms with van der Waals surface area (Å²) < 4.78 is 0. The van der Waals surface area contributed by atoms with Crippen LogP contribution in [0.3, 0.4) is 0 Å². The van der Waals surface area contributed by atoms with Gasteiger partial charge in [0.2, 0.25) is 5.91 Å². The van der Waals surface area contributed by atoms with Crippen LogP contribution in [0.15, 0.2) is 24.3 Å². The number of carbonyl (C=O) groups excluding carboxylic acids is 2. The van der Waals surface area contributed by atoms with Gasteiger partial charge >= 0.3 is 0 Å². The Balaban J connectivity index is 2.17. The Morgan fingerprint density at radius 1 is 1.44 bits per heavy atom. The van der Waals surface area contributed by atoms with Crippen molar-refractivity contribution >= 4 is 23.6 Å². The van der Waals surface area contributed by atoms with E-state index in [1.54, 1.807) is 0 Å². The zero-order chi connectivity index (χ0) is 13.4. The van der Waals surface area contributed by atoms with Crippen LogP contribution in [0.5, 0.6) is 0 Å². The molecular weight excluding hydrogens is 252 g/mol. The first-order valence-electron chi connectivity index (χ1n) is 5.40. The zero-order valence-corrected chi connectivity index (χ0v) is 11.0. The molecule has 0 saturated carbocycles. The minimum atomic E-state index is -0.622. The Morgan fingerprint density at radius 2 is 2.22 bits per heavy atom. The van der Waals surface area contributed by atoms with Gasteiger partial charge in [0, 0.05) is 5.75 Å². The standard InChI is InChI=1S/C12H16N2O3S/c1-9-3-2-4-10(5-9)7-18-8-12(16)14-17-6-11(13)15/h2-5H,6-8H2,1H3,(H2,13,15)(H,14,16). The maximum atomic E-state index is 11.3. The number of carbonyl (C=O) groups is 2. The van der Waals surface area contributed by atoms with Crippen molar-refractivity contribution in [1.82, 2.24) is 5.48 Å². The third-order valence-corrected chi connectivity index (χ3v) is 2.99. The summed E-state index contributed by atoms with van der Waals surface area (Å²) in [6, 6.07) is 8.11. The second-order valence-electron chi connectivity index (χ2n) is 3.76. The van der Waals surface area contributed by atoms with Gasteiger partial charge in [-0.05, 0) is 12.5 Å². The monoisotopic (exact) mass is 268 g/mol. The van der Waals surface area contributed by atoms with Crippen molar-refractivity contribution in [2.24, 2.45) is 5.73 Å². The molecule has 0 spiro atoms. The van der Waals surface area contributed by atoms with Gasteiger partial charge in [0.25, 0.3) is 5.91 Å². The van der Waals surface area contributed by atoms with Crippen molar-refractivity contribution in [1.29, 1.82) is 0 Å².